The Morgan fingerprint density at radius 3 is 2.44 bits per heavy atom. The summed E-state index contributed by atoms with van der Waals surface area (Å²) < 4.78 is 1.87. The summed E-state index contributed by atoms with van der Waals surface area (Å²) in [5.74, 6) is -0.918. The zero-order chi connectivity index (χ0) is 13.4. The van der Waals surface area contributed by atoms with Crippen molar-refractivity contribution in [3.8, 4) is 5.69 Å². The maximum Gasteiger partial charge on any atom is 0.337 e. The van der Waals surface area contributed by atoms with Gasteiger partial charge in [0, 0.05) is 11.4 Å². The molecule has 0 fully saturated rings. The molecule has 1 aromatic heterocycles. The monoisotopic (exact) mass is 263 g/mol. The van der Waals surface area contributed by atoms with Gasteiger partial charge in [-0.25, -0.2) is 4.79 Å². The Kier molecular flexibility index (Phi) is 3.18. The van der Waals surface area contributed by atoms with Crippen LogP contribution in [0.25, 0.3) is 5.69 Å². The third kappa shape index (κ3) is 2.02. The van der Waals surface area contributed by atoms with Gasteiger partial charge in [0.05, 0.1) is 16.3 Å². The first kappa shape index (κ1) is 12.7. The minimum absolute atomic E-state index is 0.310. The SMILES string of the molecule is Cc1ccc(Cl)c(-n2c(C)cc(C(=O)O)c2C)c1. The molecule has 18 heavy (non-hydrogen) atoms. The average molecular weight is 264 g/mol. The summed E-state index contributed by atoms with van der Waals surface area (Å²) in [6, 6.07) is 7.37. The zero-order valence-corrected chi connectivity index (χ0v) is 11.2. The number of hydrogen-bond acceptors (Lipinski definition) is 1. The largest absolute Gasteiger partial charge is 0.478 e. The second-order valence-electron chi connectivity index (χ2n) is 4.38. The molecular formula is C14H14ClNO2. The van der Waals surface area contributed by atoms with Crippen molar-refractivity contribution >= 4 is 17.6 Å². The van der Waals surface area contributed by atoms with E-state index in [0.717, 1.165) is 16.9 Å². The molecular weight excluding hydrogens is 250 g/mol. The van der Waals surface area contributed by atoms with Crippen LogP contribution in [-0.4, -0.2) is 15.6 Å². The number of halogens is 1. The van der Waals surface area contributed by atoms with E-state index in [1.165, 1.54) is 0 Å². The number of nitrogens with zero attached hydrogens (tertiary/aromatic N) is 1. The second kappa shape index (κ2) is 4.50. The van der Waals surface area contributed by atoms with Crippen molar-refractivity contribution in [1.29, 1.82) is 0 Å². The van der Waals surface area contributed by atoms with Gasteiger partial charge in [-0.2, -0.15) is 0 Å². The number of rotatable bonds is 2. The van der Waals surface area contributed by atoms with Crippen LogP contribution in [0.2, 0.25) is 5.02 Å². The van der Waals surface area contributed by atoms with Crippen molar-refractivity contribution in [2.75, 3.05) is 0 Å². The topological polar surface area (TPSA) is 42.2 Å². The Hall–Kier alpha value is -1.74. The van der Waals surface area contributed by atoms with Crippen molar-refractivity contribution in [3.05, 3.63) is 51.8 Å². The van der Waals surface area contributed by atoms with Crippen LogP contribution in [-0.2, 0) is 0 Å². The molecule has 2 rings (SSSR count). The third-order valence-corrected chi connectivity index (χ3v) is 3.32. The lowest BCUT2D eigenvalue weighted by Crippen LogP contribution is -2.03. The molecule has 4 heteroatoms. The maximum atomic E-state index is 11.1. The Balaban J connectivity index is 2.71. The van der Waals surface area contributed by atoms with Crippen LogP contribution in [0, 0.1) is 20.8 Å². The smallest absolute Gasteiger partial charge is 0.337 e. The highest BCUT2D eigenvalue weighted by molar-refractivity contribution is 6.32. The van der Waals surface area contributed by atoms with Crippen molar-refractivity contribution in [3.63, 3.8) is 0 Å². The van der Waals surface area contributed by atoms with E-state index in [9.17, 15) is 4.79 Å². The zero-order valence-electron chi connectivity index (χ0n) is 10.5. The van der Waals surface area contributed by atoms with E-state index < -0.39 is 5.97 Å². The number of aromatic carboxylic acids is 1. The predicted molar refractivity (Wildman–Crippen MR) is 71.9 cm³/mol. The normalized spacial score (nSPS) is 10.7. The van der Waals surface area contributed by atoms with E-state index >= 15 is 0 Å². The predicted octanol–water partition coefficient (Wildman–Crippen LogP) is 3.75. The van der Waals surface area contributed by atoms with Gasteiger partial charge in [-0.15, -0.1) is 0 Å². The Morgan fingerprint density at radius 2 is 1.89 bits per heavy atom. The van der Waals surface area contributed by atoms with Crippen molar-refractivity contribution < 1.29 is 9.90 Å². The summed E-state index contributed by atoms with van der Waals surface area (Å²) in [7, 11) is 0. The molecule has 0 aliphatic heterocycles. The minimum Gasteiger partial charge on any atom is -0.478 e. The Labute approximate surface area is 111 Å². The lowest BCUT2D eigenvalue weighted by atomic mass is 10.2. The van der Waals surface area contributed by atoms with E-state index in [1.807, 2.05) is 36.6 Å². The molecule has 94 valence electrons. The van der Waals surface area contributed by atoms with E-state index in [1.54, 1.807) is 13.0 Å². The van der Waals surface area contributed by atoms with Gasteiger partial charge in [-0.3, -0.25) is 0 Å². The Bertz CT molecular complexity index is 629. The first-order valence-corrected chi connectivity index (χ1v) is 5.98. The fraction of sp³-hybridized carbons (Fsp3) is 0.214. The van der Waals surface area contributed by atoms with Crippen LogP contribution in [0.1, 0.15) is 27.3 Å². The standard InChI is InChI=1S/C14H14ClNO2/c1-8-4-5-12(15)13(6-8)16-9(2)7-11(10(16)3)14(17)18/h4-7H,1-3H3,(H,17,18). The summed E-state index contributed by atoms with van der Waals surface area (Å²) in [5.41, 5.74) is 3.76. The molecule has 2 aromatic rings. The molecule has 1 heterocycles. The first-order valence-electron chi connectivity index (χ1n) is 5.60. The quantitative estimate of drug-likeness (QED) is 0.897. The number of hydrogen-bond donors (Lipinski definition) is 1. The third-order valence-electron chi connectivity index (χ3n) is 3.00. The van der Waals surface area contributed by atoms with Crippen molar-refractivity contribution in [1.82, 2.24) is 4.57 Å². The van der Waals surface area contributed by atoms with Crippen LogP contribution < -0.4 is 0 Å². The lowest BCUT2D eigenvalue weighted by Gasteiger charge is -2.12. The molecule has 0 aliphatic carbocycles. The first-order chi connectivity index (χ1) is 8.41. The van der Waals surface area contributed by atoms with Crippen molar-refractivity contribution in [2.24, 2.45) is 0 Å². The van der Waals surface area contributed by atoms with Gasteiger partial charge < -0.3 is 9.67 Å². The highest BCUT2D eigenvalue weighted by Gasteiger charge is 2.17. The van der Waals surface area contributed by atoms with Crippen LogP contribution >= 0.6 is 11.6 Å². The molecule has 0 atom stereocenters. The molecule has 0 spiro atoms. The van der Waals surface area contributed by atoms with Gasteiger partial charge in [0.25, 0.3) is 0 Å². The van der Waals surface area contributed by atoms with E-state index in [0.29, 0.717) is 16.3 Å². The average Bonchev–Trinajstić information content (AvgIpc) is 2.58. The highest BCUT2D eigenvalue weighted by atomic mass is 35.5. The molecule has 1 N–H and O–H groups in total. The fourth-order valence-electron chi connectivity index (χ4n) is 2.14. The Morgan fingerprint density at radius 1 is 1.22 bits per heavy atom. The number of carboxylic acids is 1. The summed E-state index contributed by atoms with van der Waals surface area (Å²) in [6.45, 7) is 5.64. The number of aryl methyl sites for hydroxylation is 2. The lowest BCUT2D eigenvalue weighted by molar-refractivity contribution is 0.0696. The summed E-state index contributed by atoms with van der Waals surface area (Å²) in [4.78, 5) is 11.1. The van der Waals surface area contributed by atoms with Gasteiger partial charge >= 0.3 is 5.97 Å². The summed E-state index contributed by atoms with van der Waals surface area (Å²) in [5, 5.41) is 9.74. The van der Waals surface area contributed by atoms with Crippen LogP contribution in [0.4, 0.5) is 0 Å². The van der Waals surface area contributed by atoms with E-state index in [4.69, 9.17) is 16.7 Å². The molecule has 1 aromatic carbocycles. The molecule has 0 saturated heterocycles. The molecule has 0 aliphatic rings. The van der Waals surface area contributed by atoms with Crippen molar-refractivity contribution in [2.45, 2.75) is 20.8 Å². The minimum atomic E-state index is -0.918. The molecule has 0 unspecified atom stereocenters. The van der Waals surface area contributed by atoms with Gasteiger partial charge in [-0.1, -0.05) is 17.7 Å². The summed E-state index contributed by atoms with van der Waals surface area (Å²) in [6.07, 6.45) is 0. The van der Waals surface area contributed by atoms with E-state index in [-0.39, 0.29) is 0 Å². The second-order valence-corrected chi connectivity index (χ2v) is 4.79. The molecule has 0 bridgehead atoms. The molecule has 0 saturated carbocycles. The van der Waals surface area contributed by atoms with Crippen LogP contribution in [0.15, 0.2) is 24.3 Å². The number of carbonyl (C=O) groups is 1. The molecule has 0 radical (unpaired) electrons. The fourth-order valence-corrected chi connectivity index (χ4v) is 2.35. The molecule has 0 amide bonds. The highest BCUT2D eigenvalue weighted by Crippen LogP contribution is 2.27. The van der Waals surface area contributed by atoms with Gasteiger partial charge in [0.2, 0.25) is 0 Å². The van der Waals surface area contributed by atoms with Crippen LogP contribution in [0.5, 0.6) is 0 Å². The van der Waals surface area contributed by atoms with Gasteiger partial charge in [-0.05, 0) is 44.5 Å². The van der Waals surface area contributed by atoms with Gasteiger partial charge in [0.15, 0.2) is 0 Å². The van der Waals surface area contributed by atoms with Gasteiger partial charge in [0.1, 0.15) is 0 Å². The van der Waals surface area contributed by atoms with E-state index in [2.05, 4.69) is 0 Å². The number of aromatic nitrogens is 1. The number of carboxylic acid groups (broad SMARTS) is 1. The van der Waals surface area contributed by atoms with Crippen LogP contribution in [0.3, 0.4) is 0 Å². The molecule has 3 nitrogen and oxygen atoms in total. The number of benzene rings is 1. The maximum absolute atomic E-state index is 11.1. The summed E-state index contributed by atoms with van der Waals surface area (Å²) >= 11 is 6.20.